The lowest BCUT2D eigenvalue weighted by atomic mass is 9.98. The molecule has 1 aromatic heterocycles. The summed E-state index contributed by atoms with van der Waals surface area (Å²) in [6.07, 6.45) is 4.66. The molecule has 128 valence electrons. The molecule has 5 heteroatoms. The lowest BCUT2D eigenvalue weighted by Crippen LogP contribution is -2.39. The molecule has 0 N–H and O–H groups in total. The average Bonchev–Trinajstić information content (AvgIpc) is 2.86. The Morgan fingerprint density at radius 2 is 2.08 bits per heavy atom. The molecule has 5 nitrogen and oxygen atoms in total. The van der Waals surface area contributed by atoms with Crippen LogP contribution < -0.4 is 0 Å². The zero-order chi connectivity index (χ0) is 17.5. The average molecular weight is 327 g/mol. The van der Waals surface area contributed by atoms with Crippen LogP contribution in [0.15, 0.2) is 30.5 Å². The predicted octanol–water partition coefficient (Wildman–Crippen LogP) is 4.19. The van der Waals surface area contributed by atoms with Gasteiger partial charge in [0, 0.05) is 19.0 Å². The summed E-state index contributed by atoms with van der Waals surface area (Å²) in [4.78, 5) is 14.4. The van der Waals surface area contributed by atoms with Gasteiger partial charge in [-0.2, -0.15) is 5.10 Å². The molecule has 0 fully saturated rings. The largest absolute Gasteiger partial charge is 0.443 e. The Morgan fingerprint density at radius 3 is 2.79 bits per heavy atom. The molecule has 0 unspecified atom stereocenters. The van der Waals surface area contributed by atoms with Gasteiger partial charge in [-0.25, -0.2) is 4.79 Å². The quantitative estimate of drug-likeness (QED) is 0.789. The molecule has 1 aliphatic heterocycles. The Hall–Kier alpha value is -2.30. The normalized spacial score (nSPS) is 18.6. The maximum atomic E-state index is 12.7. The summed E-state index contributed by atoms with van der Waals surface area (Å²) in [6, 6.07) is 6.18. The van der Waals surface area contributed by atoms with Crippen LogP contribution in [0, 0.1) is 5.92 Å². The number of fused-ring (bicyclic) bond motifs is 1. The molecule has 0 radical (unpaired) electrons. The molecule has 0 aliphatic carbocycles. The third kappa shape index (κ3) is 3.30. The van der Waals surface area contributed by atoms with Crippen LogP contribution in [0.3, 0.4) is 0 Å². The number of hydrogen-bond donors (Lipinski definition) is 0. The van der Waals surface area contributed by atoms with Crippen molar-refractivity contribution >= 4 is 22.7 Å². The number of benzene rings is 1. The maximum absolute atomic E-state index is 12.7. The van der Waals surface area contributed by atoms with Crippen LogP contribution in [-0.4, -0.2) is 32.9 Å². The molecule has 3 rings (SSSR count). The first-order valence-electron chi connectivity index (χ1n) is 8.37. The number of nitrogens with zero attached hydrogens (tertiary/aromatic N) is 3. The molecule has 1 amide bonds. The van der Waals surface area contributed by atoms with Gasteiger partial charge in [-0.05, 0) is 50.8 Å². The molecule has 0 saturated heterocycles. The zero-order valence-corrected chi connectivity index (χ0v) is 15.0. The van der Waals surface area contributed by atoms with Gasteiger partial charge in [0.25, 0.3) is 0 Å². The number of aryl methyl sites for hydroxylation is 1. The van der Waals surface area contributed by atoms with Crippen LogP contribution >= 0.6 is 0 Å². The van der Waals surface area contributed by atoms with E-state index in [4.69, 9.17) is 4.74 Å². The van der Waals surface area contributed by atoms with E-state index in [1.54, 1.807) is 4.90 Å². The Balaban J connectivity index is 1.96. The molecule has 0 bridgehead atoms. The highest BCUT2D eigenvalue weighted by Gasteiger charge is 2.29. The van der Waals surface area contributed by atoms with E-state index in [0.29, 0.717) is 12.5 Å². The Bertz CT molecular complexity index is 799. The molecule has 24 heavy (non-hydrogen) atoms. The second-order valence-electron chi connectivity index (χ2n) is 7.56. The first-order valence-corrected chi connectivity index (χ1v) is 8.37. The van der Waals surface area contributed by atoms with E-state index in [-0.39, 0.29) is 6.09 Å². The minimum absolute atomic E-state index is 0.286. The van der Waals surface area contributed by atoms with Crippen LogP contribution in [0.4, 0.5) is 4.79 Å². The second kappa shape index (κ2) is 5.96. The van der Waals surface area contributed by atoms with Crippen molar-refractivity contribution in [2.24, 2.45) is 13.0 Å². The van der Waals surface area contributed by atoms with E-state index in [1.165, 1.54) is 0 Å². The molecule has 2 aromatic rings. The fourth-order valence-electron chi connectivity index (χ4n) is 2.99. The van der Waals surface area contributed by atoms with Crippen molar-refractivity contribution in [2.75, 3.05) is 6.54 Å². The highest BCUT2D eigenvalue weighted by atomic mass is 16.6. The third-order valence-electron chi connectivity index (χ3n) is 4.15. The zero-order valence-electron chi connectivity index (χ0n) is 15.0. The van der Waals surface area contributed by atoms with Gasteiger partial charge in [0.05, 0.1) is 17.4 Å². The summed E-state index contributed by atoms with van der Waals surface area (Å²) >= 11 is 0. The molecule has 2 heterocycles. The summed E-state index contributed by atoms with van der Waals surface area (Å²) in [7, 11) is 1.93. The molecular formula is C19H25N3O2. The molecule has 1 aliphatic rings. The summed E-state index contributed by atoms with van der Waals surface area (Å²) in [6.45, 7) is 8.50. The standard InChI is InChI=1S/C19H25N3O2/c1-13-6-8-17(22(12-13)18(23)24-19(2,3)4)14-7-9-16-15(10-14)11-20-21(16)5/h7-11,13H,6,12H2,1-5H3/t13-/m0/s1. The Kier molecular flexibility index (Phi) is 4.11. The van der Waals surface area contributed by atoms with Crippen LogP contribution in [0.5, 0.6) is 0 Å². The van der Waals surface area contributed by atoms with Crippen molar-refractivity contribution in [2.45, 2.75) is 39.7 Å². The topological polar surface area (TPSA) is 47.4 Å². The van der Waals surface area contributed by atoms with Gasteiger partial charge < -0.3 is 4.74 Å². The van der Waals surface area contributed by atoms with E-state index in [9.17, 15) is 4.79 Å². The third-order valence-corrected chi connectivity index (χ3v) is 4.15. The van der Waals surface area contributed by atoms with Crippen LogP contribution in [0.25, 0.3) is 16.6 Å². The highest BCUT2D eigenvalue weighted by molar-refractivity contribution is 5.87. The number of allylic oxidation sites excluding steroid dienone is 1. The van der Waals surface area contributed by atoms with Gasteiger partial charge in [-0.1, -0.05) is 19.1 Å². The molecule has 0 spiro atoms. The summed E-state index contributed by atoms with van der Waals surface area (Å²) in [5.41, 5.74) is 2.52. The minimum atomic E-state index is -0.504. The van der Waals surface area contributed by atoms with Gasteiger partial charge in [0.15, 0.2) is 0 Å². The van der Waals surface area contributed by atoms with Gasteiger partial charge in [-0.15, -0.1) is 0 Å². The van der Waals surface area contributed by atoms with Crippen LogP contribution in [-0.2, 0) is 11.8 Å². The maximum Gasteiger partial charge on any atom is 0.414 e. The van der Waals surface area contributed by atoms with E-state index >= 15 is 0 Å². The van der Waals surface area contributed by atoms with E-state index < -0.39 is 5.60 Å². The first kappa shape index (κ1) is 16.6. The van der Waals surface area contributed by atoms with Gasteiger partial charge >= 0.3 is 6.09 Å². The monoisotopic (exact) mass is 327 g/mol. The van der Waals surface area contributed by atoms with Crippen molar-refractivity contribution in [3.8, 4) is 0 Å². The number of carbonyl (C=O) groups is 1. The van der Waals surface area contributed by atoms with Crippen molar-refractivity contribution in [3.05, 3.63) is 36.0 Å². The van der Waals surface area contributed by atoms with Crippen LogP contribution in [0.2, 0.25) is 0 Å². The van der Waals surface area contributed by atoms with Gasteiger partial charge in [0.1, 0.15) is 5.60 Å². The number of aromatic nitrogens is 2. The summed E-state index contributed by atoms with van der Waals surface area (Å²) in [5.74, 6) is 0.420. The molecular weight excluding hydrogens is 302 g/mol. The van der Waals surface area contributed by atoms with Gasteiger partial charge in [-0.3, -0.25) is 9.58 Å². The Morgan fingerprint density at radius 1 is 1.33 bits per heavy atom. The fourth-order valence-corrected chi connectivity index (χ4v) is 2.99. The second-order valence-corrected chi connectivity index (χ2v) is 7.56. The number of rotatable bonds is 1. The molecule has 1 aromatic carbocycles. The SMILES string of the molecule is C[C@H]1CC=C(c2ccc3c(cnn3C)c2)N(C(=O)OC(C)(C)C)C1. The van der Waals surface area contributed by atoms with Crippen molar-refractivity contribution in [1.29, 1.82) is 0 Å². The summed E-state index contributed by atoms with van der Waals surface area (Å²) in [5, 5.41) is 5.36. The van der Waals surface area contributed by atoms with Crippen molar-refractivity contribution in [1.82, 2.24) is 14.7 Å². The lowest BCUT2D eigenvalue weighted by molar-refractivity contribution is 0.0327. The highest BCUT2D eigenvalue weighted by Crippen LogP contribution is 2.30. The van der Waals surface area contributed by atoms with Crippen molar-refractivity contribution < 1.29 is 9.53 Å². The molecule has 1 atom stereocenters. The lowest BCUT2D eigenvalue weighted by Gasteiger charge is -2.34. The smallest absolute Gasteiger partial charge is 0.414 e. The van der Waals surface area contributed by atoms with E-state index in [2.05, 4.69) is 24.2 Å². The fraction of sp³-hybridized carbons (Fsp3) is 0.474. The summed E-state index contributed by atoms with van der Waals surface area (Å²) < 4.78 is 7.45. The van der Waals surface area contributed by atoms with E-state index in [1.807, 2.05) is 50.8 Å². The minimum Gasteiger partial charge on any atom is -0.443 e. The Labute approximate surface area is 142 Å². The number of amides is 1. The predicted molar refractivity (Wildman–Crippen MR) is 95.4 cm³/mol. The first-order chi connectivity index (χ1) is 11.2. The van der Waals surface area contributed by atoms with E-state index in [0.717, 1.165) is 28.6 Å². The van der Waals surface area contributed by atoms with Crippen LogP contribution in [0.1, 0.15) is 39.7 Å². The van der Waals surface area contributed by atoms with Gasteiger partial charge in [0.2, 0.25) is 0 Å². The number of ether oxygens (including phenoxy) is 1. The number of carbonyl (C=O) groups excluding carboxylic acids is 1. The van der Waals surface area contributed by atoms with Crippen molar-refractivity contribution in [3.63, 3.8) is 0 Å². The number of hydrogen-bond acceptors (Lipinski definition) is 3. The molecule has 0 saturated carbocycles.